The number of allylic oxidation sites excluding steroid dienone is 1. The summed E-state index contributed by atoms with van der Waals surface area (Å²) >= 11 is 0. The fourth-order valence-corrected chi connectivity index (χ4v) is 0.419. The van der Waals surface area contributed by atoms with Gasteiger partial charge in [-0.3, -0.25) is 0 Å². The molecule has 0 amide bonds. The van der Waals surface area contributed by atoms with Crippen LogP contribution >= 0.6 is 0 Å². The number of hydrogen-bond acceptors (Lipinski definition) is 4. The van der Waals surface area contributed by atoms with Crippen LogP contribution in [0.25, 0.3) is 0 Å². The molecule has 0 spiro atoms. The number of aliphatic hydroxyl groups excluding tert-OH is 1. The van der Waals surface area contributed by atoms with Gasteiger partial charge in [-0.05, 0) is 0 Å². The molecule has 13 heavy (non-hydrogen) atoms. The minimum atomic E-state index is -3.25. The number of nitriles is 1. The van der Waals surface area contributed by atoms with Crippen molar-refractivity contribution in [1.82, 2.24) is 0 Å². The minimum absolute atomic E-state index is 0. The number of rotatable bonds is 2. The standard InChI is InChI=1S/C6H5F2NO3.Na/c1-12-6(11)3(2-9)4(10)5(7)8;/h5,10H,1H3;. The van der Waals surface area contributed by atoms with Gasteiger partial charge in [-0.1, -0.05) is 0 Å². The summed E-state index contributed by atoms with van der Waals surface area (Å²) in [5.74, 6) is -2.85. The average molecular weight is 200 g/mol. The molecule has 67 valence electrons. The summed E-state index contributed by atoms with van der Waals surface area (Å²) in [6.45, 7) is 0. The van der Waals surface area contributed by atoms with Gasteiger partial charge >= 0.3 is 5.97 Å². The van der Waals surface area contributed by atoms with Crippen molar-refractivity contribution in [3.05, 3.63) is 11.3 Å². The van der Waals surface area contributed by atoms with Gasteiger partial charge in [-0.15, -0.1) is 0 Å². The van der Waals surface area contributed by atoms with Crippen molar-refractivity contribution in [2.75, 3.05) is 7.11 Å². The zero-order valence-electron chi connectivity index (χ0n) is 7.04. The number of ether oxygens (including phenoxy) is 1. The summed E-state index contributed by atoms with van der Waals surface area (Å²) in [5, 5.41) is 16.6. The Morgan fingerprint density at radius 1 is 1.62 bits per heavy atom. The third-order valence-corrected chi connectivity index (χ3v) is 0.964. The Morgan fingerprint density at radius 3 is 2.31 bits per heavy atom. The second kappa shape index (κ2) is 6.83. The van der Waals surface area contributed by atoms with Crippen molar-refractivity contribution in [2.24, 2.45) is 0 Å². The number of halogens is 2. The molecule has 1 radical (unpaired) electrons. The van der Waals surface area contributed by atoms with Crippen LogP contribution in [0, 0.1) is 11.3 Å². The second-order valence-electron chi connectivity index (χ2n) is 1.66. The molecule has 1 N–H and O–H groups in total. The van der Waals surface area contributed by atoms with Crippen molar-refractivity contribution >= 4 is 35.5 Å². The maximum absolute atomic E-state index is 11.7. The molecule has 0 bridgehead atoms. The van der Waals surface area contributed by atoms with Gasteiger partial charge in [-0.2, -0.15) is 5.26 Å². The van der Waals surface area contributed by atoms with Crippen molar-refractivity contribution in [2.45, 2.75) is 6.43 Å². The number of alkyl halides is 2. The number of aliphatic hydroxyl groups is 1. The van der Waals surface area contributed by atoms with E-state index in [9.17, 15) is 13.6 Å². The summed E-state index contributed by atoms with van der Waals surface area (Å²) in [5.41, 5.74) is -1.08. The largest absolute Gasteiger partial charge is 0.505 e. The van der Waals surface area contributed by atoms with E-state index in [-0.39, 0.29) is 29.6 Å². The molecule has 7 heteroatoms. The van der Waals surface area contributed by atoms with Crippen molar-refractivity contribution in [1.29, 1.82) is 5.26 Å². The fourth-order valence-electron chi connectivity index (χ4n) is 0.419. The molecule has 0 atom stereocenters. The van der Waals surface area contributed by atoms with E-state index < -0.39 is 23.7 Å². The van der Waals surface area contributed by atoms with Crippen LogP contribution in [-0.2, 0) is 9.53 Å². The molecule has 0 fully saturated rings. The van der Waals surface area contributed by atoms with E-state index in [4.69, 9.17) is 10.4 Å². The summed E-state index contributed by atoms with van der Waals surface area (Å²) in [7, 11) is 0.915. The third-order valence-electron chi connectivity index (χ3n) is 0.964. The van der Waals surface area contributed by atoms with Crippen LogP contribution < -0.4 is 0 Å². The molecule has 0 saturated carbocycles. The van der Waals surface area contributed by atoms with Crippen LogP contribution in [0.2, 0.25) is 0 Å². The monoisotopic (exact) mass is 200 g/mol. The second-order valence-corrected chi connectivity index (χ2v) is 1.66. The molecular weight excluding hydrogens is 195 g/mol. The Balaban J connectivity index is 0. The van der Waals surface area contributed by atoms with Crippen molar-refractivity contribution in [3.8, 4) is 6.07 Å². The molecule has 0 heterocycles. The molecule has 0 aliphatic rings. The first-order valence-corrected chi connectivity index (χ1v) is 2.74. The van der Waals surface area contributed by atoms with Crippen LogP contribution in [0.1, 0.15) is 0 Å². The summed E-state index contributed by atoms with van der Waals surface area (Å²) in [6.07, 6.45) is -3.25. The molecule has 4 nitrogen and oxygen atoms in total. The molecule has 0 aliphatic carbocycles. The molecular formula is C6H5F2NNaO3. The normalized spacial score (nSPS) is 11.0. The maximum atomic E-state index is 11.7. The van der Waals surface area contributed by atoms with Gasteiger partial charge in [-0.25, -0.2) is 13.6 Å². The van der Waals surface area contributed by atoms with E-state index in [0.717, 1.165) is 13.2 Å². The Labute approximate surface area is 95.1 Å². The Kier molecular flexibility index (Phi) is 7.81. The average Bonchev–Trinajstić information content (AvgIpc) is 2.05. The molecule has 0 saturated heterocycles. The van der Waals surface area contributed by atoms with Crippen molar-refractivity contribution < 1.29 is 23.4 Å². The van der Waals surface area contributed by atoms with Gasteiger partial charge in [0.2, 0.25) is 0 Å². The van der Waals surface area contributed by atoms with Crippen LogP contribution in [0.3, 0.4) is 0 Å². The van der Waals surface area contributed by atoms with Gasteiger partial charge in [0.05, 0.1) is 7.11 Å². The first kappa shape index (κ1) is 14.9. The molecule has 0 aromatic rings. The number of nitrogens with zero attached hydrogens (tertiary/aromatic N) is 1. The van der Waals surface area contributed by atoms with Gasteiger partial charge in [0.1, 0.15) is 6.07 Å². The quantitative estimate of drug-likeness (QED) is 0.230. The minimum Gasteiger partial charge on any atom is -0.505 e. The molecule has 0 rings (SSSR count). The smallest absolute Gasteiger partial charge is 0.352 e. The summed E-state index contributed by atoms with van der Waals surface area (Å²) in [6, 6.07) is 1.11. The predicted molar refractivity (Wildman–Crippen MR) is 39.0 cm³/mol. The molecule has 0 aromatic heterocycles. The van der Waals surface area contributed by atoms with Crippen LogP contribution in [0.4, 0.5) is 8.78 Å². The topological polar surface area (TPSA) is 70.3 Å². The zero-order chi connectivity index (χ0) is 9.72. The number of esters is 1. The summed E-state index contributed by atoms with van der Waals surface area (Å²) < 4.78 is 27.4. The number of methoxy groups -OCH3 is 1. The van der Waals surface area contributed by atoms with Crippen LogP contribution in [0.5, 0.6) is 0 Å². The first-order valence-electron chi connectivity index (χ1n) is 2.74. The number of hydrogen-bond donors (Lipinski definition) is 1. The van der Waals surface area contributed by atoms with E-state index in [1.165, 1.54) is 0 Å². The van der Waals surface area contributed by atoms with E-state index in [1.54, 1.807) is 0 Å². The number of carbonyl (C=O) groups is 1. The number of carbonyl (C=O) groups excluding carboxylic acids is 1. The Bertz CT molecular complexity index is 259. The molecule has 0 unspecified atom stereocenters. The predicted octanol–water partition coefficient (Wildman–Crippen LogP) is 0.379. The van der Waals surface area contributed by atoms with Gasteiger partial charge in [0, 0.05) is 29.6 Å². The van der Waals surface area contributed by atoms with Gasteiger partial charge < -0.3 is 9.84 Å². The molecule has 0 aromatic carbocycles. The Hall–Kier alpha value is -0.640. The first-order chi connectivity index (χ1) is 5.54. The fraction of sp³-hybridized carbons (Fsp3) is 0.333. The summed E-state index contributed by atoms with van der Waals surface area (Å²) in [4.78, 5) is 10.5. The van der Waals surface area contributed by atoms with E-state index >= 15 is 0 Å². The van der Waals surface area contributed by atoms with Gasteiger partial charge in [0.15, 0.2) is 11.3 Å². The third kappa shape index (κ3) is 4.22. The zero-order valence-corrected chi connectivity index (χ0v) is 9.04. The van der Waals surface area contributed by atoms with Gasteiger partial charge in [0.25, 0.3) is 6.43 Å². The van der Waals surface area contributed by atoms with E-state index in [0.29, 0.717) is 0 Å². The van der Waals surface area contributed by atoms with Crippen LogP contribution in [-0.4, -0.2) is 54.2 Å². The SMILES string of the molecule is COC(=O)C(C#N)=C(O)C(F)F.[Na]. The maximum Gasteiger partial charge on any atom is 0.352 e. The van der Waals surface area contributed by atoms with Crippen molar-refractivity contribution in [3.63, 3.8) is 0 Å². The molecule has 0 aliphatic heterocycles. The van der Waals surface area contributed by atoms with E-state index in [2.05, 4.69) is 4.74 Å². The van der Waals surface area contributed by atoms with Crippen LogP contribution in [0.15, 0.2) is 11.3 Å². The van der Waals surface area contributed by atoms with E-state index in [1.807, 2.05) is 0 Å². The Morgan fingerprint density at radius 2 is 2.08 bits per heavy atom.